The van der Waals surface area contributed by atoms with Crippen LogP contribution in [0, 0.1) is 0 Å². The summed E-state index contributed by atoms with van der Waals surface area (Å²) in [6, 6.07) is 7.69. The highest BCUT2D eigenvalue weighted by Crippen LogP contribution is 2.10. The molecule has 0 spiro atoms. The van der Waals surface area contributed by atoms with E-state index in [1.54, 1.807) is 11.8 Å². The maximum absolute atomic E-state index is 12.2. The molecule has 0 aromatic heterocycles. The van der Waals surface area contributed by atoms with E-state index in [0.29, 0.717) is 0 Å². The predicted molar refractivity (Wildman–Crippen MR) is 87.4 cm³/mol. The molecule has 0 aliphatic heterocycles. The number of hydrogen-bond donors (Lipinski definition) is 2. The van der Waals surface area contributed by atoms with E-state index in [1.165, 1.54) is 0 Å². The maximum atomic E-state index is 12.2. The maximum Gasteiger partial charge on any atom is 0.216 e. The summed E-state index contributed by atoms with van der Waals surface area (Å²) in [5.41, 5.74) is 1.92. The summed E-state index contributed by atoms with van der Waals surface area (Å²) >= 11 is 1.66. The molecule has 0 aliphatic carbocycles. The van der Waals surface area contributed by atoms with Crippen LogP contribution in [0.3, 0.4) is 0 Å². The number of hydrogen-bond acceptors (Lipinski definition) is 4. The molecular weight excluding hydrogens is 292 g/mol. The molecule has 0 bridgehead atoms. The predicted octanol–water partition coefficient (Wildman–Crippen LogP) is 1.97. The van der Waals surface area contributed by atoms with Crippen molar-refractivity contribution in [3.05, 3.63) is 35.4 Å². The molecule has 1 atom stereocenters. The van der Waals surface area contributed by atoms with E-state index in [4.69, 9.17) is 0 Å². The summed E-state index contributed by atoms with van der Waals surface area (Å²) in [4.78, 5) is 0. The van der Waals surface area contributed by atoms with Gasteiger partial charge in [0.25, 0.3) is 0 Å². The number of thioether (sulfide) groups is 1. The summed E-state index contributed by atoms with van der Waals surface area (Å²) in [6.45, 7) is 2.74. The van der Waals surface area contributed by atoms with E-state index in [1.807, 2.05) is 44.5 Å². The molecule has 0 saturated heterocycles. The Labute approximate surface area is 126 Å². The SMILES string of the molecule is CCC(CSC)NS(=O)(=O)Cc1cccc(CNC)c1. The number of nitrogens with one attached hydrogen (secondary N) is 2. The van der Waals surface area contributed by atoms with E-state index in [2.05, 4.69) is 10.0 Å². The van der Waals surface area contributed by atoms with Crippen LogP contribution in [0.2, 0.25) is 0 Å². The molecule has 6 heteroatoms. The standard InChI is InChI=1S/C14H24N2O2S2/c1-4-14(10-19-3)16-20(17,18)11-13-7-5-6-12(8-13)9-15-2/h5-8,14-16H,4,9-11H2,1-3H3. The van der Waals surface area contributed by atoms with Gasteiger partial charge in [-0.1, -0.05) is 31.2 Å². The van der Waals surface area contributed by atoms with Gasteiger partial charge in [0.2, 0.25) is 10.0 Å². The second-order valence-electron chi connectivity index (χ2n) is 4.79. The molecule has 0 radical (unpaired) electrons. The first-order valence-corrected chi connectivity index (χ1v) is 9.76. The molecule has 1 rings (SSSR count). The van der Waals surface area contributed by atoms with E-state index < -0.39 is 10.0 Å². The van der Waals surface area contributed by atoms with E-state index in [9.17, 15) is 8.42 Å². The first-order valence-electron chi connectivity index (χ1n) is 6.72. The summed E-state index contributed by atoms with van der Waals surface area (Å²) in [7, 11) is -1.41. The first kappa shape index (κ1) is 17.5. The van der Waals surface area contributed by atoms with Gasteiger partial charge in [-0.15, -0.1) is 0 Å². The third kappa shape index (κ3) is 6.26. The average Bonchev–Trinajstić information content (AvgIpc) is 2.38. The number of rotatable bonds is 9. The lowest BCUT2D eigenvalue weighted by Gasteiger charge is -2.16. The minimum atomic E-state index is -3.28. The van der Waals surface area contributed by atoms with E-state index >= 15 is 0 Å². The number of benzene rings is 1. The average molecular weight is 316 g/mol. The van der Waals surface area contributed by atoms with E-state index in [-0.39, 0.29) is 11.8 Å². The molecule has 20 heavy (non-hydrogen) atoms. The van der Waals surface area contributed by atoms with Crippen molar-refractivity contribution >= 4 is 21.8 Å². The van der Waals surface area contributed by atoms with Crippen LogP contribution in [0.5, 0.6) is 0 Å². The van der Waals surface area contributed by atoms with Crippen LogP contribution in [0.25, 0.3) is 0 Å². The van der Waals surface area contributed by atoms with Crippen LogP contribution >= 0.6 is 11.8 Å². The summed E-state index contributed by atoms with van der Waals surface area (Å²) in [5.74, 6) is 0.838. The molecule has 1 aromatic carbocycles. The largest absolute Gasteiger partial charge is 0.316 e. The molecule has 0 fully saturated rings. The van der Waals surface area contributed by atoms with Gasteiger partial charge in [-0.3, -0.25) is 0 Å². The number of sulfonamides is 1. The summed E-state index contributed by atoms with van der Waals surface area (Å²) < 4.78 is 27.1. The van der Waals surface area contributed by atoms with Crippen molar-refractivity contribution in [3.8, 4) is 0 Å². The minimum absolute atomic E-state index is 0.00971. The smallest absolute Gasteiger partial charge is 0.216 e. The fourth-order valence-electron chi connectivity index (χ4n) is 1.98. The Morgan fingerprint density at radius 2 is 2.00 bits per heavy atom. The molecular formula is C14H24N2O2S2. The van der Waals surface area contributed by atoms with E-state index in [0.717, 1.165) is 29.8 Å². The highest BCUT2D eigenvalue weighted by molar-refractivity contribution is 7.98. The first-order chi connectivity index (χ1) is 9.50. The lowest BCUT2D eigenvalue weighted by atomic mass is 10.1. The van der Waals surface area contributed by atoms with Crippen molar-refractivity contribution < 1.29 is 8.42 Å². The van der Waals surface area contributed by atoms with Crippen LogP contribution in [-0.4, -0.2) is 33.5 Å². The highest BCUT2D eigenvalue weighted by Gasteiger charge is 2.17. The van der Waals surface area contributed by atoms with Gasteiger partial charge < -0.3 is 5.32 Å². The Bertz CT molecular complexity index is 504. The van der Waals surface area contributed by atoms with Crippen molar-refractivity contribution in [2.75, 3.05) is 19.1 Å². The molecule has 0 saturated carbocycles. The topological polar surface area (TPSA) is 58.2 Å². The fraction of sp³-hybridized carbons (Fsp3) is 0.571. The second kappa shape index (κ2) is 8.67. The third-order valence-corrected chi connectivity index (χ3v) is 5.08. The van der Waals surface area contributed by atoms with Crippen molar-refractivity contribution in [1.29, 1.82) is 0 Å². The Balaban J connectivity index is 2.72. The van der Waals surface area contributed by atoms with Gasteiger partial charge in [0, 0.05) is 18.3 Å². The normalized spacial score (nSPS) is 13.3. The van der Waals surface area contributed by atoms with Gasteiger partial charge in [-0.05, 0) is 30.9 Å². The molecule has 0 amide bonds. The second-order valence-corrected chi connectivity index (χ2v) is 7.45. The molecule has 2 N–H and O–H groups in total. The highest BCUT2D eigenvalue weighted by atomic mass is 32.2. The van der Waals surface area contributed by atoms with Gasteiger partial charge in [0.1, 0.15) is 0 Å². The van der Waals surface area contributed by atoms with Crippen LogP contribution in [0.15, 0.2) is 24.3 Å². The molecule has 1 unspecified atom stereocenters. The summed E-state index contributed by atoms with van der Waals surface area (Å²) in [6.07, 6.45) is 2.79. The van der Waals surface area contributed by atoms with Crippen molar-refractivity contribution in [3.63, 3.8) is 0 Å². The van der Waals surface area contributed by atoms with Gasteiger partial charge in [0.15, 0.2) is 0 Å². The Morgan fingerprint density at radius 3 is 2.60 bits per heavy atom. The fourth-order valence-corrected chi connectivity index (χ4v) is 4.27. The van der Waals surface area contributed by atoms with Gasteiger partial charge in [-0.2, -0.15) is 11.8 Å². The molecule has 0 aliphatic rings. The Hall–Kier alpha value is -0.560. The monoisotopic (exact) mass is 316 g/mol. The quantitative estimate of drug-likeness (QED) is 0.731. The van der Waals surface area contributed by atoms with Gasteiger partial charge >= 0.3 is 0 Å². The Kier molecular flexibility index (Phi) is 7.58. The zero-order chi connectivity index (χ0) is 15.0. The third-order valence-electron chi connectivity index (χ3n) is 2.94. The molecule has 0 heterocycles. The van der Waals surface area contributed by atoms with Crippen LogP contribution in [0.4, 0.5) is 0 Å². The van der Waals surface area contributed by atoms with Crippen molar-refractivity contribution in [1.82, 2.24) is 10.0 Å². The van der Waals surface area contributed by atoms with Crippen LogP contribution < -0.4 is 10.0 Å². The van der Waals surface area contributed by atoms with Gasteiger partial charge in [-0.25, -0.2) is 13.1 Å². The minimum Gasteiger partial charge on any atom is -0.316 e. The molecule has 4 nitrogen and oxygen atoms in total. The lowest BCUT2D eigenvalue weighted by molar-refractivity contribution is 0.557. The molecule has 1 aromatic rings. The van der Waals surface area contributed by atoms with Crippen molar-refractivity contribution in [2.45, 2.75) is 31.7 Å². The molecule has 114 valence electrons. The summed E-state index contributed by atoms with van der Waals surface area (Å²) in [5, 5.41) is 3.06. The van der Waals surface area contributed by atoms with Crippen LogP contribution in [-0.2, 0) is 22.3 Å². The zero-order valence-electron chi connectivity index (χ0n) is 12.3. The van der Waals surface area contributed by atoms with Gasteiger partial charge in [0.05, 0.1) is 5.75 Å². The lowest BCUT2D eigenvalue weighted by Crippen LogP contribution is -2.36. The zero-order valence-corrected chi connectivity index (χ0v) is 14.0. The Morgan fingerprint density at radius 1 is 1.30 bits per heavy atom. The van der Waals surface area contributed by atoms with Crippen LogP contribution in [0.1, 0.15) is 24.5 Å². The van der Waals surface area contributed by atoms with Crippen molar-refractivity contribution in [2.24, 2.45) is 0 Å².